The monoisotopic (exact) mass is 334 g/mol. The smallest absolute Gasteiger partial charge is 0.313 e. The van der Waals surface area contributed by atoms with E-state index in [2.05, 4.69) is 15.0 Å². The zero-order valence-electron chi connectivity index (χ0n) is 13.8. The molecule has 3 fully saturated rings. The Kier molecular flexibility index (Phi) is 3.59. The van der Waals surface area contributed by atoms with E-state index in [0.29, 0.717) is 44.4 Å². The summed E-state index contributed by atoms with van der Waals surface area (Å²) in [5.74, 6) is 0.518. The van der Waals surface area contributed by atoms with Crippen molar-refractivity contribution in [1.82, 2.24) is 19.9 Å². The van der Waals surface area contributed by atoms with Gasteiger partial charge in [-0.2, -0.15) is 4.98 Å². The Balaban J connectivity index is 1.46. The molecular formula is C16H22N4O4. The van der Waals surface area contributed by atoms with E-state index in [-0.39, 0.29) is 17.7 Å². The number of nitrogens with zero attached hydrogens (tertiary/aromatic N) is 4. The van der Waals surface area contributed by atoms with Gasteiger partial charge in [-0.1, -0.05) is 11.6 Å². The minimum Gasteiger partial charge on any atom is -0.481 e. The molecule has 1 amide bonds. The van der Waals surface area contributed by atoms with E-state index in [0.717, 1.165) is 19.3 Å². The van der Waals surface area contributed by atoms with Gasteiger partial charge in [0.15, 0.2) is 5.82 Å². The van der Waals surface area contributed by atoms with Gasteiger partial charge < -0.3 is 14.5 Å². The highest BCUT2D eigenvalue weighted by atomic mass is 16.5. The first-order chi connectivity index (χ1) is 11.5. The highest BCUT2D eigenvalue weighted by Crippen LogP contribution is 2.44. The molecule has 1 N–H and O–H groups in total. The third-order valence-corrected chi connectivity index (χ3v) is 5.81. The quantitative estimate of drug-likeness (QED) is 0.857. The van der Waals surface area contributed by atoms with Crippen LogP contribution in [0, 0.1) is 24.2 Å². The van der Waals surface area contributed by atoms with Crippen LogP contribution in [0.3, 0.4) is 0 Å². The number of carbonyl (C=O) groups excluding carboxylic acids is 1. The number of rotatable bonds is 4. The van der Waals surface area contributed by atoms with Crippen molar-refractivity contribution in [2.24, 2.45) is 17.3 Å². The van der Waals surface area contributed by atoms with Crippen molar-refractivity contribution in [3.63, 3.8) is 0 Å². The molecule has 0 aromatic carbocycles. The summed E-state index contributed by atoms with van der Waals surface area (Å²) in [6.45, 7) is 4.16. The van der Waals surface area contributed by atoms with Crippen LogP contribution in [-0.2, 0) is 16.1 Å². The van der Waals surface area contributed by atoms with E-state index < -0.39 is 11.4 Å². The summed E-state index contributed by atoms with van der Waals surface area (Å²) in [5, 5.41) is 13.7. The van der Waals surface area contributed by atoms with Crippen LogP contribution in [0.25, 0.3) is 0 Å². The lowest BCUT2D eigenvalue weighted by Crippen LogP contribution is -2.44. The molecule has 3 heterocycles. The summed E-state index contributed by atoms with van der Waals surface area (Å²) in [7, 11) is 0. The average molecular weight is 334 g/mol. The first-order valence-electron chi connectivity index (χ1n) is 8.52. The van der Waals surface area contributed by atoms with Gasteiger partial charge in [-0.3, -0.25) is 14.5 Å². The number of aliphatic carboxylic acids is 1. The van der Waals surface area contributed by atoms with Gasteiger partial charge >= 0.3 is 5.97 Å². The molecule has 0 radical (unpaired) electrons. The molecule has 8 heteroatoms. The number of aromatic nitrogens is 2. The summed E-state index contributed by atoms with van der Waals surface area (Å²) in [4.78, 5) is 32.5. The number of aryl methyl sites for hydroxylation is 1. The predicted molar refractivity (Wildman–Crippen MR) is 81.8 cm³/mol. The molecule has 0 spiro atoms. The molecule has 1 aromatic heterocycles. The Bertz CT molecular complexity index is 671. The molecule has 8 nitrogen and oxygen atoms in total. The highest BCUT2D eigenvalue weighted by molar-refractivity contribution is 5.83. The molecule has 3 aliphatic rings. The normalized spacial score (nSPS) is 30.4. The number of hydrogen-bond acceptors (Lipinski definition) is 6. The van der Waals surface area contributed by atoms with Gasteiger partial charge in [-0.05, 0) is 12.8 Å². The molecule has 2 atom stereocenters. The average Bonchev–Trinajstić information content (AvgIpc) is 3.09. The number of hydrogen-bond donors (Lipinski definition) is 1. The van der Waals surface area contributed by atoms with Gasteiger partial charge in [0.25, 0.3) is 0 Å². The number of amides is 1. The maximum absolute atomic E-state index is 12.5. The maximum atomic E-state index is 12.5. The molecular weight excluding hydrogens is 312 g/mol. The molecule has 0 bridgehead atoms. The van der Waals surface area contributed by atoms with Crippen molar-refractivity contribution in [3.8, 4) is 0 Å². The number of carbonyl (C=O) groups is 2. The summed E-state index contributed by atoms with van der Waals surface area (Å²) in [5.41, 5.74) is -0.863. The lowest BCUT2D eigenvalue weighted by molar-refractivity contribution is -0.149. The molecule has 1 aromatic rings. The second kappa shape index (κ2) is 5.54. The highest BCUT2D eigenvalue weighted by Gasteiger charge is 2.58. The third kappa shape index (κ3) is 2.40. The number of fused-ring (bicyclic) bond motifs is 1. The van der Waals surface area contributed by atoms with Crippen LogP contribution in [-0.4, -0.2) is 63.1 Å². The van der Waals surface area contributed by atoms with Gasteiger partial charge in [0.1, 0.15) is 5.41 Å². The van der Waals surface area contributed by atoms with Crippen molar-refractivity contribution >= 4 is 11.9 Å². The summed E-state index contributed by atoms with van der Waals surface area (Å²) in [6.07, 6.45) is 3.00. The molecule has 24 heavy (non-hydrogen) atoms. The number of likely N-dealkylation sites (tertiary alicyclic amines) is 2. The second-order valence-corrected chi connectivity index (χ2v) is 7.40. The Morgan fingerprint density at radius 1 is 1.33 bits per heavy atom. The van der Waals surface area contributed by atoms with Crippen LogP contribution in [0.15, 0.2) is 4.52 Å². The fraction of sp³-hybridized carbons (Fsp3) is 0.750. The van der Waals surface area contributed by atoms with E-state index in [1.165, 1.54) is 0 Å². The van der Waals surface area contributed by atoms with Gasteiger partial charge in [-0.15, -0.1) is 0 Å². The fourth-order valence-corrected chi connectivity index (χ4v) is 4.28. The minimum atomic E-state index is -0.863. The van der Waals surface area contributed by atoms with Crippen molar-refractivity contribution in [2.75, 3.05) is 26.2 Å². The Labute approximate surface area is 139 Å². The fourth-order valence-electron chi connectivity index (χ4n) is 4.28. The number of carboxylic acids is 1. The molecule has 130 valence electrons. The SMILES string of the molecule is Cc1nc(CN2C[C@H]3CN(C(=O)C4CCC4)C[C@@]3(C(=O)O)C2)no1. The van der Waals surface area contributed by atoms with Gasteiger partial charge in [0, 0.05) is 44.9 Å². The molecule has 2 aliphatic heterocycles. The summed E-state index contributed by atoms with van der Waals surface area (Å²) in [6, 6.07) is 0. The second-order valence-electron chi connectivity index (χ2n) is 7.40. The van der Waals surface area contributed by atoms with Gasteiger partial charge in [0.05, 0.1) is 6.54 Å². The van der Waals surface area contributed by atoms with Crippen molar-refractivity contribution in [1.29, 1.82) is 0 Å². The van der Waals surface area contributed by atoms with E-state index in [1.807, 2.05) is 0 Å². The predicted octanol–water partition coefficient (Wildman–Crippen LogP) is 0.523. The van der Waals surface area contributed by atoms with Gasteiger partial charge in [-0.25, -0.2) is 0 Å². The van der Waals surface area contributed by atoms with Crippen molar-refractivity contribution in [2.45, 2.75) is 32.7 Å². The molecule has 0 unspecified atom stereocenters. The van der Waals surface area contributed by atoms with Crippen LogP contribution >= 0.6 is 0 Å². The molecule has 2 saturated heterocycles. The zero-order valence-corrected chi connectivity index (χ0v) is 13.8. The van der Waals surface area contributed by atoms with E-state index >= 15 is 0 Å². The van der Waals surface area contributed by atoms with Crippen molar-refractivity contribution < 1.29 is 19.2 Å². The first-order valence-corrected chi connectivity index (χ1v) is 8.52. The largest absolute Gasteiger partial charge is 0.481 e. The topological polar surface area (TPSA) is 99.8 Å². The lowest BCUT2D eigenvalue weighted by atomic mass is 9.81. The van der Waals surface area contributed by atoms with Crippen LogP contribution in [0.1, 0.15) is 31.0 Å². The number of carboxylic acid groups (broad SMARTS) is 1. The molecule has 1 saturated carbocycles. The molecule has 4 rings (SSSR count). The lowest BCUT2D eigenvalue weighted by Gasteiger charge is -2.31. The maximum Gasteiger partial charge on any atom is 0.313 e. The first kappa shape index (κ1) is 15.6. The Hall–Kier alpha value is -1.96. The van der Waals surface area contributed by atoms with Crippen LogP contribution in [0.5, 0.6) is 0 Å². The van der Waals surface area contributed by atoms with E-state index in [1.54, 1.807) is 11.8 Å². The van der Waals surface area contributed by atoms with Crippen molar-refractivity contribution in [3.05, 3.63) is 11.7 Å². The van der Waals surface area contributed by atoms with Crippen LogP contribution in [0.4, 0.5) is 0 Å². The van der Waals surface area contributed by atoms with Gasteiger partial charge in [0.2, 0.25) is 11.8 Å². The summed E-state index contributed by atoms with van der Waals surface area (Å²) < 4.78 is 4.98. The summed E-state index contributed by atoms with van der Waals surface area (Å²) >= 11 is 0. The van der Waals surface area contributed by atoms with E-state index in [9.17, 15) is 14.7 Å². The van der Waals surface area contributed by atoms with Crippen LogP contribution in [0.2, 0.25) is 0 Å². The van der Waals surface area contributed by atoms with Crippen LogP contribution < -0.4 is 0 Å². The third-order valence-electron chi connectivity index (χ3n) is 5.81. The Morgan fingerprint density at radius 3 is 2.67 bits per heavy atom. The Morgan fingerprint density at radius 2 is 2.12 bits per heavy atom. The molecule has 1 aliphatic carbocycles. The minimum absolute atomic E-state index is 0.0352. The standard InChI is InChI=1S/C16H22N4O4/c1-10-17-13(18-24-10)7-19-5-12-6-20(14(21)11-3-2-4-11)9-16(12,8-19)15(22)23/h11-12H,2-9H2,1H3,(H,22,23)/t12-,16-/m0/s1. The zero-order chi connectivity index (χ0) is 16.9. The van der Waals surface area contributed by atoms with E-state index in [4.69, 9.17) is 4.52 Å².